The molecular weight excluding hydrogens is 522 g/mol. The molecule has 13 nitrogen and oxygen atoms in total. The molecule has 0 aliphatic heterocycles. The molecule has 0 aliphatic rings. The summed E-state index contributed by atoms with van der Waals surface area (Å²) in [4.78, 5) is 61.0. The van der Waals surface area contributed by atoms with Crippen LogP contribution in [-0.2, 0) is 25.1 Å². The minimum Gasteiger partial charge on any atom is -0.811 e. The van der Waals surface area contributed by atoms with E-state index in [9.17, 15) is 33.5 Å². The smallest absolute Gasteiger partial charge is 0.811 e. The largest absolute Gasteiger partial charge is 1.00 e. The van der Waals surface area contributed by atoms with E-state index in [0.717, 1.165) is 0 Å². The van der Waals surface area contributed by atoms with E-state index in [1.54, 1.807) is 10.8 Å². The first-order chi connectivity index (χ1) is 13.4. The number of aromatic amines is 1. The summed E-state index contributed by atoms with van der Waals surface area (Å²) in [6, 6.07) is 1.54. The van der Waals surface area contributed by atoms with Gasteiger partial charge in [0.2, 0.25) is 5.95 Å². The Morgan fingerprint density at radius 1 is 1.00 bits per heavy atom. The molecular formula is C14H20N4Na4O9P2. The molecule has 3 N–H and O–H groups in total. The van der Waals surface area contributed by atoms with Gasteiger partial charge in [-0.25, -0.2) is 0 Å². The molecule has 0 saturated carbocycles. The molecule has 2 aromatic heterocycles. The summed E-state index contributed by atoms with van der Waals surface area (Å²) in [5, 5.41) is 0.303. The molecule has 19 heteroatoms. The van der Waals surface area contributed by atoms with Crippen LogP contribution >= 0.6 is 15.2 Å². The van der Waals surface area contributed by atoms with Crippen molar-refractivity contribution in [3.63, 3.8) is 0 Å². The van der Waals surface area contributed by atoms with Gasteiger partial charge in [-0.05, 0) is 18.4 Å². The number of ether oxygens (including phenoxy) is 2. The molecule has 2 heterocycles. The zero-order valence-corrected chi connectivity index (χ0v) is 29.0. The van der Waals surface area contributed by atoms with E-state index in [2.05, 4.69) is 9.97 Å². The molecule has 0 unspecified atom stereocenters. The first-order valence-corrected chi connectivity index (χ1v) is 11.9. The van der Waals surface area contributed by atoms with Crippen LogP contribution < -0.4 is 149 Å². The fourth-order valence-electron chi connectivity index (χ4n) is 2.52. The van der Waals surface area contributed by atoms with Crippen LogP contribution in [0, 0.1) is 5.92 Å². The van der Waals surface area contributed by atoms with Crippen molar-refractivity contribution in [3.8, 4) is 0 Å². The van der Waals surface area contributed by atoms with E-state index in [-0.39, 0.29) is 157 Å². The van der Waals surface area contributed by atoms with Gasteiger partial charge in [-0.1, -0.05) is 15.2 Å². The predicted molar refractivity (Wildman–Crippen MR) is 94.8 cm³/mol. The summed E-state index contributed by atoms with van der Waals surface area (Å²) in [6.45, 7) is -0.462. The monoisotopic (exact) mass is 542 g/mol. The van der Waals surface area contributed by atoms with Crippen LogP contribution in [-0.4, -0.2) is 53.3 Å². The van der Waals surface area contributed by atoms with E-state index in [1.165, 1.54) is 6.07 Å². The molecule has 0 aliphatic carbocycles. The van der Waals surface area contributed by atoms with Crippen LogP contribution in [0.1, 0.15) is 0 Å². The van der Waals surface area contributed by atoms with Crippen molar-refractivity contribution in [2.45, 2.75) is 6.54 Å². The van der Waals surface area contributed by atoms with Gasteiger partial charge in [0, 0.05) is 18.7 Å². The average Bonchev–Trinajstić information content (AvgIpc) is 2.96. The van der Waals surface area contributed by atoms with Crippen molar-refractivity contribution in [3.05, 3.63) is 22.6 Å². The summed E-state index contributed by atoms with van der Waals surface area (Å²) in [6.07, 6.45) is 0.248. The average molecular weight is 542 g/mol. The van der Waals surface area contributed by atoms with Crippen molar-refractivity contribution < 1.29 is 156 Å². The molecule has 164 valence electrons. The number of nitrogens with two attached hydrogens (primary N) is 1. The quantitative estimate of drug-likeness (QED) is 0.146. The first-order valence-electron chi connectivity index (χ1n) is 8.47. The molecule has 2 aromatic rings. The maximum absolute atomic E-state index is 11.9. The molecule has 0 radical (unpaired) electrons. The van der Waals surface area contributed by atoms with Crippen molar-refractivity contribution in [1.82, 2.24) is 14.5 Å². The minimum atomic E-state index is -4.69. The SMILES string of the molecule is Nc1nc2c(ccn2CC(COCCP(=O)([O-])[O-])COCCP(=O)([O-])[O-])c(=O)[nH]1.[Na+].[Na+].[Na+].[Na+]. The predicted octanol–water partition coefficient (Wildman–Crippen LogP) is -15.2. The molecule has 0 fully saturated rings. The fraction of sp³-hybridized carbons (Fsp3) is 0.571. The van der Waals surface area contributed by atoms with Crippen molar-refractivity contribution in [2.75, 3.05) is 44.5 Å². The van der Waals surface area contributed by atoms with Crippen LogP contribution in [0.3, 0.4) is 0 Å². The molecule has 33 heavy (non-hydrogen) atoms. The third kappa shape index (κ3) is 16.1. The van der Waals surface area contributed by atoms with E-state index >= 15 is 0 Å². The minimum absolute atomic E-state index is 0. The Morgan fingerprint density at radius 2 is 1.48 bits per heavy atom. The van der Waals surface area contributed by atoms with Gasteiger partial charge >= 0.3 is 118 Å². The number of hydrogen-bond donors (Lipinski definition) is 2. The van der Waals surface area contributed by atoms with Gasteiger partial charge in [0.1, 0.15) is 5.65 Å². The summed E-state index contributed by atoms with van der Waals surface area (Å²) >= 11 is 0. The van der Waals surface area contributed by atoms with Crippen LogP contribution in [0.2, 0.25) is 0 Å². The zero-order chi connectivity index (χ0) is 21.7. The van der Waals surface area contributed by atoms with E-state index in [1.807, 2.05) is 0 Å². The second-order valence-corrected chi connectivity index (χ2v) is 9.68. The van der Waals surface area contributed by atoms with E-state index in [0.29, 0.717) is 11.0 Å². The Labute approximate surface area is 278 Å². The number of hydrogen-bond acceptors (Lipinski definition) is 11. The molecule has 2 rings (SSSR count). The normalized spacial score (nSPS) is 11.3. The summed E-state index contributed by atoms with van der Waals surface area (Å²) in [5.41, 5.74) is 5.45. The Balaban J connectivity index is -0.00000225. The Bertz CT molecular complexity index is 951. The number of H-pyrrole nitrogens is 1. The van der Waals surface area contributed by atoms with Gasteiger partial charge in [0.15, 0.2) is 0 Å². The van der Waals surface area contributed by atoms with Gasteiger partial charge in [-0.15, -0.1) is 0 Å². The summed E-state index contributed by atoms with van der Waals surface area (Å²) < 4.78 is 33.4. The zero-order valence-electron chi connectivity index (χ0n) is 19.2. The van der Waals surface area contributed by atoms with E-state index < -0.39 is 39.0 Å². The van der Waals surface area contributed by atoms with Gasteiger partial charge in [-0.2, -0.15) is 4.98 Å². The summed E-state index contributed by atoms with van der Waals surface area (Å²) in [5.74, 6) is -0.502. The Morgan fingerprint density at radius 3 is 1.94 bits per heavy atom. The van der Waals surface area contributed by atoms with Crippen LogP contribution in [0.4, 0.5) is 5.95 Å². The standard InChI is InChI=1S/C14H24N4O9P2.4Na/c15-14-16-12-11(13(19)17-14)1-2-18(12)7-10(8-26-3-5-28(20,21)22)9-27-4-6-29(23,24)25;;;;/h1-2,10H,3-9H2,(H2,20,21,22)(H2,23,24,25)(H3,15,16,17,19);;;;/q;4*+1/p-4. The number of rotatable bonds is 12. The van der Waals surface area contributed by atoms with Crippen molar-refractivity contribution >= 4 is 32.2 Å². The summed E-state index contributed by atoms with van der Waals surface area (Å²) in [7, 11) is -9.39. The van der Waals surface area contributed by atoms with Gasteiger partial charge in [-0.3, -0.25) is 9.78 Å². The maximum atomic E-state index is 11.9. The number of aromatic nitrogens is 3. The second-order valence-electron chi connectivity index (χ2n) is 6.34. The van der Waals surface area contributed by atoms with E-state index in [4.69, 9.17) is 15.2 Å². The molecule has 0 aromatic carbocycles. The van der Waals surface area contributed by atoms with Crippen molar-refractivity contribution in [1.29, 1.82) is 0 Å². The number of nitrogens with one attached hydrogen (secondary N) is 1. The molecule has 0 spiro atoms. The Hall–Kier alpha value is 2.44. The van der Waals surface area contributed by atoms with Gasteiger partial charge in [0.25, 0.3) is 5.56 Å². The molecule has 0 atom stereocenters. The maximum Gasteiger partial charge on any atom is 1.00 e. The van der Waals surface area contributed by atoms with Gasteiger partial charge < -0.3 is 48.5 Å². The molecule has 0 saturated heterocycles. The number of nitrogen functional groups attached to an aromatic ring is 1. The molecule has 0 amide bonds. The first kappa shape index (κ1) is 39.9. The fourth-order valence-corrected chi connectivity index (χ4v) is 3.23. The number of fused-ring (bicyclic) bond motifs is 1. The number of anilines is 1. The van der Waals surface area contributed by atoms with Crippen LogP contribution in [0.15, 0.2) is 17.1 Å². The third-order valence-corrected chi connectivity index (χ3v) is 5.29. The van der Waals surface area contributed by atoms with Crippen LogP contribution in [0.5, 0.6) is 0 Å². The number of nitrogens with zero attached hydrogens (tertiary/aromatic N) is 2. The Kier molecular flexibility index (Phi) is 22.6. The van der Waals surface area contributed by atoms with Crippen molar-refractivity contribution in [2.24, 2.45) is 5.92 Å². The third-order valence-electron chi connectivity index (χ3n) is 3.83. The molecule has 0 bridgehead atoms. The van der Waals surface area contributed by atoms with Crippen LogP contribution in [0.25, 0.3) is 11.0 Å². The second kappa shape index (κ2) is 18.7. The topological polar surface area (TPSA) is 222 Å². The van der Waals surface area contributed by atoms with Gasteiger partial charge in [0.05, 0.1) is 31.8 Å².